The van der Waals surface area contributed by atoms with Gasteiger partial charge in [0.25, 0.3) is 5.56 Å². The maximum atomic E-state index is 11.9. The summed E-state index contributed by atoms with van der Waals surface area (Å²) in [5.74, 6) is 0.495. The highest BCUT2D eigenvalue weighted by atomic mass is 16.1. The Labute approximate surface area is 96.5 Å². The van der Waals surface area contributed by atoms with Crippen molar-refractivity contribution in [3.8, 4) is 0 Å². The molecule has 16 heavy (non-hydrogen) atoms. The third-order valence-electron chi connectivity index (χ3n) is 3.30. The second kappa shape index (κ2) is 4.83. The van der Waals surface area contributed by atoms with Crippen LogP contribution in [0.15, 0.2) is 16.9 Å². The first-order chi connectivity index (χ1) is 7.72. The van der Waals surface area contributed by atoms with E-state index in [1.807, 2.05) is 17.7 Å². The SMILES string of the molecule is CNCC(C)Cn1c2c(ccc1=O)CCC2. The first-order valence-corrected chi connectivity index (χ1v) is 6.08. The molecule has 0 spiro atoms. The lowest BCUT2D eigenvalue weighted by Gasteiger charge is -2.16. The predicted molar refractivity (Wildman–Crippen MR) is 65.8 cm³/mol. The average Bonchev–Trinajstić information content (AvgIpc) is 2.71. The van der Waals surface area contributed by atoms with Gasteiger partial charge in [0.1, 0.15) is 0 Å². The molecule has 1 heterocycles. The van der Waals surface area contributed by atoms with Gasteiger partial charge in [-0.1, -0.05) is 13.0 Å². The fraction of sp³-hybridized carbons (Fsp3) is 0.615. The summed E-state index contributed by atoms with van der Waals surface area (Å²) in [7, 11) is 1.95. The van der Waals surface area contributed by atoms with Crippen LogP contribution in [0, 0.1) is 5.92 Å². The lowest BCUT2D eigenvalue weighted by molar-refractivity contribution is 0.446. The fourth-order valence-corrected chi connectivity index (χ4v) is 2.56. The van der Waals surface area contributed by atoms with E-state index in [9.17, 15) is 4.79 Å². The van der Waals surface area contributed by atoms with Gasteiger partial charge in [-0.3, -0.25) is 4.79 Å². The molecule has 0 bridgehead atoms. The van der Waals surface area contributed by atoms with Crippen LogP contribution in [0.3, 0.4) is 0 Å². The zero-order chi connectivity index (χ0) is 11.5. The molecule has 88 valence electrons. The third-order valence-corrected chi connectivity index (χ3v) is 3.30. The highest BCUT2D eigenvalue weighted by Crippen LogP contribution is 2.20. The molecular formula is C13H20N2O. The van der Waals surface area contributed by atoms with Crippen molar-refractivity contribution in [1.29, 1.82) is 0 Å². The van der Waals surface area contributed by atoms with Crippen molar-refractivity contribution >= 4 is 0 Å². The number of pyridine rings is 1. The first kappa shape index (κ1) is 11.4. The van der Waals surface area contributed by atoms with Crippen LogP contribution in [0.1, 0.15) is 24.6 Å². The van der Waals surface area contributed by atoms with E-state index in [1.54, 1.807) is 6.07 Å². The molecule has 0 saturated heterocycles. The van der Waals surface area contributed by atoms with Crippen molar-refractivity contribution < 1.29 is 0 Å². The van der Waals surface area contributed by atoms with Crippen LogP contribution in [0.4, 0.5) is 0 Å². The normalized spacial score (nSPS) is 16.1. The van der Waals surface area contributed by atoms with Gasteiger partial charge in [-0.2, -0.15) is 0 Å². The fourth-order valence-electron chi connectivity index (χ4n) is 2.56. The van der Waals surface area contributed by atoms with E-state index in [1.165, 1.54) is 17.7 Å². The van der Waals surface area contributed by atoms with Gasteiger partial charge >= 0.3 is 0 Å². The van der Waals surface area contributed by atoms with Gasteiger partial charge < -0.3 is 9.88 Å². The highest BCUT2D eigenvalue weighted by Gasteiger charge is 2.16. The van der Waals surface area contributed by atoms with Crippen LogP contribution >= 0.6 is 0 Å². The van der Waals surface area contributed by atoms with Crippen LogP contribution in [-0.4, -0.2) is 18.2 Å². The molecule has 0 amide bonds. The highest BCUT2D eigenvalue weighted by molar-refractivity contribution is 5.25. The summed E-state index contributed by atoms with van der Waals surface area (Å²) in [5, 5.41) is 3.16. The number of hydrogen-bond acceptors (Lipinski definition) is 2. The minimum atomic E-state index is 0.156. The molecule has 1 aromatic heterocycles. The van der Waals surface area contributed by atoms with Crippen LogP contribution < -0.4 is 10.9 Å². The molecule has 3 nitrogen and oxygen atoms in total. The van der Waals surface area contributed by atoms with Crippen molar-refractivity contribution in [2.75, 3.05) is 13.6 Å². The van der Waals surface area contributed by atoms with Crippen molar-refractivity contribution in [3.05, 3.63) is 33.7 Å². The molecule has 1 aliphatic carbocycles. The number of hydrogen-bond donors (Lipinski definition) is 1. The summed E-state index contributed by atoms with van der Waals surface area (Å²) in [6.45, 7) is 3.97. The van der Waals surface area contributed by atoms with E-state index in [0.717, 1.165) is 25.9 Å². The Morgan fingerprint density at radius 3 is 3.00 bits per heavy atom. The van der Waals surface area contributed by atoms with Gasteiger partial charge in [0.2, 0.25) is 0 Å². The minimum Gasteiger partial charge on any atom is -0.319 e. The Morgan fingerprint density at radius 1 is 1.44 bits per heavy atom. The Bertz CT molecular complexity index is 422. The summed E-state index contributed by atoms with van der Waals surface area (Å²) in [5.41, 5.74) is 2.80. The van der Waals surface area contributed by atoms with E-state index in [-0.39, 0.29) is 5.56 Å². The molecule has 1 unspecified atom stereocenters. The third kappa shape index (κ3) is 2.19. The largest absolute Gasteiger partial charge is 0.319 e. The van der Waals surface area contributed by atoms with Gasteiger partial charge in [-0.15, -0.1) is 0 Å². The van der Waals surface area contributed by atoms with Crippen molar-refractivity contribution in [1.82, 2.24) is 9.88 Å². The topological polar surface area (TPSA) is 34.0 Å². The van der Waals surface area contributed by atoms with Crippen molar-refractivity contribution in [3.63, 3.8) is 0 Å². The molecule has 3 heteroatoms. The second-order valence-electron chi connectivity index (χ2n) is 4.77. The van der Waals surface area contributed by atoms with Crippen LogP contribution in [-0.2, 0) is 19.4 Å². The van der Waals surface area contributed by atoms with E-state index in [2.05, 4.69) is 12.2 Å². The zero-order valence-electron chi connectivity index (χ0n) is 10.1. The van der Waals surface area contributed by atoms with Gasteiger partial charge in [0.15, 0.2) is 0 Å². The average molecular weight is 220 g/mol. The minimum absolute atomic E-state index is 0.156. The summed E-state index contributed by atoms with van der Waals surface area (Å²) < 4.78 is 1.98. The Hall–Kier alpha value is -1.09. The number of rotatable bonds is 4. The number of nitrogens with zero attached hydrogens (tertiary/aromatic N) is 1. The van der Waals surface area contributed by atoms with E-state index in [4.69, 9.17) is 0 Å². The molecule has 2 rings (SSSR count). The number of nitrogens with one attached hydrogen (secondary N) is 1. The van der Waals surface area contributed by atoms with Crippen LogP contribution in [0.25, 0.3) is 0 Å². The maximum Gasteiger partial charge on any atom is 0.250 e. The second-order valence-corrected chi connectivity index (χ2v) is 4.77. The summed E-state index contributed by atoms with van der Waals surface area (Å²) in [6, 6.07) is 3.72. The van der Waals surface area contributed by atoms with Crippen molar-refractivity contribution in [2.45, 2.75) is 32.7 Å². The molecule has 0 saturated carbocycles. The molecule has 0 aliphatic heterocycles. The van der Waals surface area contributed by atoms with Crippen LogP contribution in [0.5, 0.6) is 0 Å². The smallest absolute Gasteiger partial charge is 0.250 e. The van der Waals surface area contributed by atoms with Gasteiger partial charge in [-0.05, 0) is 44.3 Å². The number of aryl methyl sites for hydroxylation is 1. The molecule has 0 aromatic carbocycles. The molecule has 0 radical (unpaired) electrons. The monoisotopic (exact) mass is 220 g/mol. The van der Waals surface area contributed by atoms with Gasteiger partial charge in [0.05, 0.1) is 0 Å². The van der Waals surface area contributed by atoms with Crippen molar-refractivity contribution in [2.24, 2.45) is 5.92 Å². The lowest BCUT2D eigenvalue weighted by atomic mass is 10.1. The molecular weight excluding hydrogens is 200 g/mol. The molecule has 0 fully saturated rings. The lowest BCUT2D eigenvalue weighted by Crippen LogP contribution is -2.29. The Kier molecular flexibility index (Phi) is 3.44. The van der Waals surface area contributed by atoms with E-state index in [0.29, 0.717) is 5.92 Å². The van der Waals surface area contributed by atoms with E-state index < -0.39 is 0 Å². The standard InChI is InChI=1S/C13H20N2O/c1-10(8-14-2)9-15-12-5-3-4-11(12)6-7-13(15)16/h6-7,10,14H,3-5,8-9H2,1-2H3. The van der Waals surface area contributed by atoms with E-state index >= 15 is 0 Å². The van der Waals surface area contributed by atoms with Crippen LogP contribution in [0.2, 0.25) is 0 Å². The molecule has 1 aliphatic rings. The predicted octanol–water partition coefficient (Wildman–Crippen LogP) is 1.19. The quantitative estimate of drug-likeness (QED) is 0.827. The number of fused-ring (bicyclic) bond motifs is 1. The Balaban J connectivity index is 2.26. The summed E-state index contributed by atoms with van der Waals surface area (Å²) >= 11 is 0. The first-order valence-electron chi connectivity index (χ1n) is 6.08. The maximum absolute atomic E-state index is 11.9. The molecule has 1 N–H and O–H groups in total. The van der Waals surface area contributed by atoms with Gasteiger partial charge in [-0.25, -0.2) is 0 Å². The zero-order valence-corrected chi connectivity index (χ0v) is 10.1. The number of aromatic nitrogens is 1. The van der Waals surface area contributed by atoms with Gasteiger partial charge in [0, 0.05) is 18.3 Å². The Morgan fingerprint density at radius 2 is 2.25 bits per heavy atom. The molecule has 1 aromatic rings. The molecule has 1 atom stereocenters. The summed E-state index contributed by atoms with van der Waals surface area (Å²) in [4.78, 5) is 11.9. The summed E-state index contributed by atoms with van der Waals surface area (Å²) in [6.07, 6.45) is 3.40.